The molecule has 1 aromatic carbocycles. The fraction of sp³-hybridized carbons (Fsp3) is 0.481. The molecule has 5 rings (SSSR count). The van der Waals surface area contributed by atoms with Crippen LogP contribution in [0.15, 0.2) is 41.0 Å². The molecule has 1 fully saturated rings. The van der Waals surface area contributed by atoms with Crippen LogP contribution in [-0.2, 0) is 11.3 Å². The average molecular weight is 480 g/mol. The molecule has 0 unspecified atom stereocenters. The Hall–Kier alpha value is -3.42. The van der Waals surface area contributed by atoms with Gasteiger partial charge in [0, 0.05) is 29.9 Å². The second kappa shape index (κ2) is 8.66. The Balaban J connectivity index is 1.60. The van der Waals surface area contributed by atoms with Crippen molar-refractivity contribution in [3.8, 4) is 11.5 Å². The standard InChI is InChI=1S/C27H33N3O5/c1-16-7-6-8-19(17(16)2)28-26(32)27(3)15-29-20-11-12-35-23(20)14-21(29)25(31)30(27)18-9-10-22(33-4)24(13-18)34-5/h9-14,16-17,19H,6-8,15H2,1-5H3,(H,28,32)/t16-,17+,19+,27+/m0/s1. The van der Waals surface area contributed by atoms with Gasteiger partial charge < -0.3 is 23.8 Å². The highest BCUT2D eigenvalue weighted by Gasteiger charge is 2.50. The quantitative estimate of drug-likeness (QED) is 0.578. The highest BCUT2D eigenvalue weighted by atomic mass is 16.5. The summed E-state index contributed by atoms with van der Waals surface area (Å²) < 4.78 is 18.4. The predicted molar refractivity (Wildman–Crippen MR) is 133 cm³/mol. The van der Waals surface area contributed by atoms with Crippen molar-refractivity contribution in [2.24, 2.45) is 11.8 Å². The van der Waals surface area contributed by atoms with Crippen LogP contribution in [0.2, 0.25) is 0 Å². The van der Waals surface area contributed by atoms with Gasteiger partial charge in [-0.15, -0.1) is 0 Å². The first-order valence-corrected chi connectivity index (χ1v) is 12.2. The van der Waals surface area contributed by atoms with Crippen molar-refractivity contribution in [2.45, 2.75) is 58.2 Å². The summed E-state index contributed by atoms with van der Waals surface area (Å²) >= 11 is 0. The second-order valence-corrected chi connectivity index (χ2v) is 10.1. The van der Waals surface area contributed by atoms with E-state index in [0.29, 0.717) is 46.8 Å². The van der Waals surface area contributed by atoms with Gasteiger partial charge in [-0.25, -0.2) is 0 Å². The minimum absolute atomic E-state index is 0.0745. The van der Waals surface area contributed by atoms with Crippen molar-refractivity contribution < 1.29 is 23.5 Å². The highest BCUT2D eigenvalue weighted by molar-refractivity contribution is 6.13. The predicted octanol–water partition coefficient (Wildman–Crippen LogP) is 4.61. The number of methoxy groups -OCH3 is 2. The van der Waals surface area contributed by atoms with Crippen molar-refractivity contribution >= 4 is 28.6 Å². The Bertz CT molecular complexity index is 1280. The molecule has 1 N–H and O–H groups in total. The third-order valence-electron chi connectivity index (χ3n) is 8.04. The summed E-state index contributed by atoms with van der Waals surface area (Å²) in [5.41, 5.74) is 1.31. The highest BCUT2D eigenvalue weighted by Crippen LogP contribution is 2.40. The lowest BCUT2D eigenvalue weighted by Gasteiger charge is -2.45. The molecule has 0 bridgehead atoms. The summed E-state index contributed by atoms with van der Waals surface area (Å²) in [5, 5.41) is 3.32. The van der Waals surface area contributed by atoms with Gasteiger partial charge in [0.05, 0.1) is 32.5 Å². The van der Waals surface area contributed by atoms with Gasteiger partial charge >= 0.3 is 0 Å². The number of benzene rings is 1. The summed E-state index contributed by atoms with van der Waals surface area (Å²) in [7, 11) is 3.12. The Morgan fingerprint density at radius 3 is 2.63 bits per heavy atom. The van der Waals surface area contributed by atoms with E-state index in [1.807, 2.05) is 17.6 Å². The van der Waals surface area contributed by atoms with E-state index in [9.17, 15) is 9.59 Å². The first-order chi connectivity index (χ1) is 16.8. The molecule has 0 saturated heterocycles. The minimum atomic E-state index is -1.17. The van der Waals surface area contributed by atoms with Crippen molar-refractivity contribution in [1.82, 2.24) is 9.88 Å². The monoisotopic (exact) mass is 479 g/mol. The zero-order chi connectivity index (χ0) is 24.9. The van der Waals surface area contributed by atoms with Crippen LogP contribution in [0.1, 0.15) is 50.5 Å². The van der Waals surface area contributed by atoms with E-state index in [4.69, 9.17) is 13.9 Å². The number of rotatable bonds is 5. The first-order valence-electron chi connectivity index (χ1n) is 12.2. The van der Waals surface area contributed by atoms with Gasteiger partial charge in [-0.2, -0.15) is 0 Å². The molecule has 0 spiro atoms. The van der Waals surface area contributed by atoms with Gasteiger partial charge in [0.25, 0.3) is 5.91 Å². The smallest absolute Gasteiger partial charge is 0.276 e. The summed E-state index contributed by atoms with van der Waals surface area (Å²) in [6.07, 6.45) is 4.80. The molecule has 4 atom stereocenters. The van der Waals surface area contributed by atoms with E-state index in [1.54, 1.807) is 49.6 Å². The number of furan rings is 1. The summed E-state index contributed by atoms with van der Waals surface area (Å²) in [5.74, 6) is 1.52. The Labute approximate surface area is 205 Å². The third kappa shape index (κ3) is 3.66. The van der Waals surface area contributed by atoms with E-state index < -0.39 is 5.54 Å². The first kappa shape index (κ1) is 23.3. The van der Waals surface area contributed by atoms with Crippen LogP contribution in [0, 0.1) is 11.8 Å². The molecule has 1 aliphatic heterocycles. The molecule has 186 valence electrons. The van der Waals surface area contributed by atoms with Crippen LogP contribution in [0.4, 0.5) is 5.69 Å². The third-order valence-corrected chi connectivity index (χ3v) is 8.04. The zero-order valence-corrected chi connectivity index (χ0v) is 21.0. The Kier molecular flexibility index (Phi) is 5.77. The average Bonchev–Trinajstić information content (AvgIpc) is 3.44. The van der Waals surface area contributed by atoms with Crippen LogP contribution in [0.5, 0.6) is 11.5 Å². The van der Waals surface area contributed by atoms with Gasteiger partial charge in [-0.05, 0) is 37.3 Å². The van der Waals surface area contributed by atoms with E-state index >= 15 is 0 Å². The molecule has 1 saturated carbocycles. The van der Waals surface area contributed by atoms with Crippen molar-refractivity contribution in [3.63, 3.8) is 0 Å². The normalized spacial score (nSPS) is 26.5. The molecule has 2 amide bonds. The number of amides is 2. The fourth-order valence-electron chi connectivity index (χ4n) is 5.69. The largest absolute Gasteiger partial charge is 0.493 e. The molecule has 3 heterocycles. The lowest BCUT2D eigenvalue weighted by molar-refractivity contribution is -0.128. The van der Waals surface area contributed by atoms with Crippen LogP contribution in [0.25, 0.3) is 11.1 Å². The van der Waals surface area contributed by atoms with Gasteiger partial charge in [-0.1, -0.05) is 26.7 Å². The van der Waals surface area contributed by atoms with Crippen molar-refractivity contribution in [2.75, 3.05) is 19.1 Å². The van der Waals surface area contributed by atoms with E-state index in [2.05, 4.69) is 19.2 Å². The number of fused-ring (bicyclic) bond motifs is 3. The number of aromatic nitrogens is 1. The zero-order valence-electron chi connectivity index (χ0n) is 21.0. The Morgan fingerprint density at radius 2 is 1.89 bits per heavy atom. The number of nitrogens with zero attached hydrogens (tertiary/aromatic N) is 2. The molecule has 0 radical (unpaired) electrons. The van der Waals surface area contributed by atoms with Gasteiger partial charge in [0.1, 0.15) is 11.2 Å². The van der Waals surface area contributed by atoms with Gasteiger partial charge in [0.2, 0.25) is 5.91 Å². The molecular weight excluding hydrogens is 446 g/mol. The number of ether oxygens (including phenoxy) is 2. The molecular formula is C27H33N3O5. The van der Waals surface area contributed by atoms with Crippen molar-refractivity contribution in [1.29, 1.82) is 0 Å². The SMILES string of the molecule is COc1ccc(N2C(=O)c3cc4occc4n3C[C@]2(C)C(=O)N[C@@H]2CCC[C@H](C)[C@H]2C)cc1OC. The number of carbonyl (C=O) groups excluding carboxylic acids is 2. The molecule has 3 aromatic rings. The molecule has 2 aromatic heterocycles. The minimum Gasteiger partial charge on any atom is -0.493 e. The van der Waals surface area contributed by atoms with Crippen LogP contribution >= 0.6 is 0 Å². The second-order valence-electron chi connectivity index (χ2n) is 10.1. The van der Waals surface area contributed by atoms with Crippen LogP contribution < -0.4 is 19.7 Å². The molecule has 2 aliphatic rings. The molecule has 8 nitrogen and oxygen atoms in total. The maximum absolute atomic E-state index is 14.1. The van der Waals surface area contributed by atoms with Crippen molar-refractivity contribution in [3.05, 3.63) is 42.3 Å². The maximum atomic E-state index is 14.1. The maximum Gasteiger partial charge on any atom is 0.276 e. The van der Waals surface area contributed by atoms with E-state index in [1.165, 1.54) is 6.42 Å². The van der Waals surface area contributed by atoms with Crippen LogP contribution in [0.3, 0.4) is 0 Å². The molecule has 35 heavy (non-hydrogen) atoms. The van der Waals surface area contributed by atoms with E-state index in [-0.39, 0.29) is 17.9 Å². The summed E-state index contributed by atoms with van der Waals surface area (Å²) in [6.45, 7) is 6.58. The molecule has 8 heteroatoms. The van der Waals surface area contributed by atoms with Crippen LogP contribution in [-0.4, -0.2) is 42.2 Å². The number of hydrogen-bond donors (Lipinski definition) is 1. The lowest BCUT2D eigenvalue weighted by atomic mass is 9.77. The number of anilines is 1. The fourth-order valence-corrected chi connectivity index (χ4v) is 5.69. The molecule has 1 aliphatic carbocycles. The van der Waals surface area contributed by atoms with Gasteiger partial charge in [-0.3, -0.25) is 14.5 Å². The Morgan fingerprint density at radius 1 is 1.11 bits per heavy atom. The number of carbonyl (C=O) groups is 2. The number of nitrogens with one attached hydrogen (secondary N) is 1. The topological polar surface area (TPSA) is 85.9 Å². The lowest BCUT2D eigenvalue weighted by Crippen LogP contribution is -2.66. The van der Waals surface area contributed by atoms with Gasteiger partial charge in [0.15, 0.2) is 17.1 Å². The number of hydrogen-bond acceptors (Lipinski definition) is 5. The van der Waals surface area contributed by atoms with E-state index in [0.717, 1.165) is 18.4 Å². The summed E-state index contributed by atoms with van der Waals surface area (Å²) in [6, 6.07) is 8.94. The summed E-state index contributed by atoms with van der Waals surface area (Å²) in [4.78, 5) is 29.6.